The Morgan fingerprint density at radius 1 is 0.292 bits per heavy atom. The summed E-state index contributed by atoms with van der Waals surface area (Å²) < 4.78 is 75.5. The van der Waals surface area contributed by atoms with Crippen LogP contribution >= 0.6 is 0 Å². The van der Waals surface area contributed by atoms with Gasteiger partial charge in [0.2, 0.25) is 0 Å². The molecular formula is C30H61N3O15. The van der Waals surface area contributed by atoms with E-state index < -0.39 is 0 Å². The highest BCUT2D eigenvalue weighted by Crippen LogP contribution is 1.88. The highest BCUT2D eigenvalue weighted by molar-refractivity contribution is 4.44. The van der Waals surface area contributed by atoms with E-state index in [2.05, 4.69) is 10.0 Å². The second-order valence-corrected chi connectivity index (χ2v) is 9.25. The van der Waals surface area contributed by atoms with Crippen molar-refractivity contribution in [2.45, 2.75) is 0 Å². The van der Waals surface area contributed by atoms with Crippen LogP contribution in [0.4, 0.5) is 0 Å². The molecule has 0 amide bonds. The van der Waals surface area contributed by atoms with E-state index in [1.807, 2.05) is 0 Å². The van der Waals surface area contributed by atoms with E-state index in [0.29, 0.717) is 192 Å². The number of aliphatic hydroxyl groups is 1. The van der Waals surface area contributed by atoms with Gasteiger partial charge < -0.3 is 71.4 Å². The van der Waals surface area contributed by atoms with Crippen LogP contribution < -0.4 is 0 Å². The Hall–Kier alpha value is -1.29. The molecule has 18 heteroatoms. The fraction of sp³-hybridized carbons (Fsp3) is 1.00. The molecule has 0 fully saturated rings. The molecule has 0 unspecified atom stereocenters. The molecule has 0 aliphatic rings. The predicted molar refractivity (Wildman–Crippen MR) is 173 cm³/mol. The zero-order chi connectivity index (χ0) is 34.5. The van der Waals surface area contributed by atoms with Gasteiger partial charge in [0.05, 0.1) is 192 Å². The number of rotatable bonds is 44. The van der Waals surface area contributed by atoms with Crippen molar-refractivity contribution < 1.29 is 71.4 Å². The molecule has 0 aromatic rings. The van der Waals surface area contributed by atoms with Crippen LogP contribution in [0.15, 0.2) is 5.11 Å². The summed E-state index contributed by atoms with van der Waals surface area (Å²) in [5.74, 6) is 0. The Morgan fingerprint density at radius 3 is 0.625 bits per heavy atom. The molecule has 286 valence electrons. The number of aliphatic hydroxyl groups excluding tert-OH is 1. The van der Waals surface area contributed by atoms with Gasteiger partial charge in [-0.1, -0.05) is 5.11 Å². The van der Waals surface area contributed by atoms with Crippen molar-refractivity contribution in [1.29, 1.82) is 0 Å². The van der Waals surface area contributed by atoms with Gasteiger partial charge in [-0.3, -0.25) is 0 Å². The quantitative estimate of drug-likeness (QED) is 0.0399. The van der Waals surface area contributed by atoms with E-state index >= 15 is 0 Å². The Bertz CT molecular complexity index is 640. The topological polar surface area (TPSA) is 198 Å². The smallest absolute Gasteiger partial charge is 0.0701 e. The van der Waals surface area contributed by atoms with E-state index in [1.165, 1.54) is 0 Å². The second kappa shape index (κ2) is 45.7. The van der Waals surface area contributed by atoms with E-state index in [-0.39, 0.29) is 6.61 Å². The molecule has 0 aliphatic carbocycles. The summed E-state index contributed by atoms with van der Waals surface area (Å²) in [6.45, 7) is 13.8. The fourth-order valence-corrected chi connectivity index (χ4v) is 3.18. The van der Waals surface area contributed by atoms with Gasteiger partial charge in [-0.2, -0.15) is 0 Å². The summed E-state index contributed by atoms with van der Waals surface area (Å²) in [6.07, 6.45) is 0. The summed E-state index contributed by atoms with van der Waals surface area (Å²) in [5.41, 5.74) is 8.14. The van der Waals surface area contributed by atoms with Gasteiger partial charge in [0, 0.05) is 11.5 Å². The molecule has 0 aliphatic heterocycles. The van der Waals surface area contributed by atoms with Crippen molar-refractivity contribution in [1.82, 2.24) is 0 Å². The van der Waals surface area contributed by atoms with Crippen molar-refractivity contribution in [3.8, 4) is 0 Å². The zero-order valence-electron chi connectivity index (χ0n) is 28.7. The maximum atomic E-state index is 8.58. The Morgan fingerprint density at radius 2 is 0.458 bits per heavy atom. The van der Waals surface area contributed by atoms with Gasteiger partial charge in [-0.05, 0) is 5.53 Å². The summed E-state index contributed by atoms with van der Waals surface area (Å²) in [7, 11) is 0. The van der Waals surface area contributed by atoms with Crippen LogP contribution in [-0.2, 0) is 66.3 Å². The SMILES string of the molecule is [N-]=[N+]=NCCOCCOCCOCCOCCOCCOCCOCCOCCOCCOCCOCCOCCOCCOCCO. The number of azide groups is 1. The first-order chi connectivity index (χ1) is 23.9. The summed E-state index contributed by atoms with van der Waals surface area (Å²) in [5, 5.41) is 11.9. The fourth-order valence-electron chi connectivity index (χ4n) is 3.18. The third-order valence-corrected chi connectivity index (χ3v) is 5.47. The van der Waals surface area contributed by atoms with Crippen LogP contribution in [0.3, 0.4) is 0 Å². The molecule has 0 aromatic carbocycles. The average molecular weight is 704 g/mol. The van der Waals surface area contributed by atoms with Gasteiger partial charge in [0.15, 0.2) is 0 Å². The Kier molecular flexibility index (Phi) is 44.5. The van der Waals surface area contributed by atoms with Crippen LogP contribution in [0.25, 0.3) is 10.4 Å². The molecule has 18 nitrogen and oxygen atoms in total. The zero-order valence-corrected chi connectivity index (χ0v) is 28.7. The van der Waals surface area contributed by atoms with Crippen LogP contribution in [0, 0.1) is 0 Å². The third kappa shape index (κ3) is 44.7. The van der Waals surface area contributed by atoms with Crippen molar-refractivity contribution in [3.63, 3.8) is 0 Å². The number of hydrogen-bond acceptors (Lipinski definition) is 16. The van der Waals surface area contributed by atoms with Gasteiger partial charge in [0.25, 0.3) is 0 Å². The lowest BCUT2D eigenvalue weighted by atomic mass is 10.6. The molecule has 0 bridgehead atoms. The van der Waals surface area contributed by atoms with Gasteiger partial charge in [0.1, 0.15) is 0 Å². The Balaban J connectivity index is 3.04. The first-order valence-electron chi connectivity index (χ1n) is 16.6. The highest BCUT2D eigenvalue weighted by Gasteiger charge is 1.97. The molecule has 0 rings (SSSR count). The molecule has 0 spiro atoms. The van der Waals surface area contributed by atoms with E-state index in [9.17, 15) is 0 Å². The minimum Gasteiger partial charge on any atom is -0.394 e. The molecule has 1 N–H and O–H groups in total. The van der Waals surface area contributed by atoms with Crippen LogP contribution in [-0.4, -0.2) is 203 Å². The lowest BCUT2D eigenvalue weighted by Crippen LogP contribution is -2.15. The third-order valence-electron chi connectivity index (χ3n) is 5.47. The van der Waals surface area contributed by atoms with Crippen LogP contribution in [0.2, 0.25) is 0 Å². The lowest BCUT2D eigenvalue weighted by molar-refractivity contribution is -0.0297. The highest BCUT2D eigenvalue weighted by atomic mass is 16.6. The van der Waals surface area contributed by atoms with Crippen LogP contribution in [0.1, 0.15) is 0 Å². The van der Waals surface area contributed by atoms with E-state index in [0.717, 1.165) is 0 Å². The number of nitrogens with zero attached hydrogens (tertiary/aromatic N) is 3. The maximum absolute atomic E-state index is 8.58. The number of hydrogen-bond donors (Lipinski definition) is 1. The van der Waals surface area contributed by atoms with E-state index in [4.69, 9.17) is 77.0 Å². The predicted octanol–water partition coefficient (Wildman–Crippen LogP) is 0.521. The van der Waals surface area contributed by atoms with E-state index in [1.54, 1.807) is 0 Å². The Labute approximate surface area is 285 Å². The first-order valence-corrected chi connectivity index (χ1v) is 16.6. The van der Waals surface area contributed by atoms with Crippen molar-refractivity contribution in [3.05, 3.63) is 10.4 Å². The molecule has 0 saturated carbocycles. The first kappa shape index (κ1) is 46.7. The second-order valence-electron chi connectivity index (χ2n) is 9.25. The number of ether oxygens (including phenoxy) is 14. The van der Waals surface area contributed by atoms with Crippen molar-refractivity contribution >= 4 is 0 Å². The standard InChI is InChI=1S/C30H61N3O15/c31-33-32-1-3-35-5-7-37-9-11-39-13-15-41-17-19-43-21-23-45-25-27-47-29-30-48-28-26-46-24-22-44-20-18-42-16-14-40-12-10-38-8-6-36-4-2-34/h34H,1-30H2. The van der Waals surface area contributed by atoms with Crippen molar-refractivity contribution in [2.24, 2.45) is 5.11 Å². The van der Waals surface area contributed by atoms with Gasteiger partial charge in [-0.25, -0.2) is 0 Å². The minimum atomic E-state index is 0.0213. The molecule has 0 aromatic heterocycles. The minimum absolute atomic E-state index is 0.0213. The largest absolute Gasteiger partial charge is 0.394 e. The maximum Gasteiger partial charge on any atom is 0.0701 e. The molecule has 0 radical (unpaired) electrons. The van der Waals surface area contributed by atoms with Crippen LogP contribution in [0.5, 0.6) is 0 Å². The lowest BCUT2D eigenvalue weighted by Gasteiger charge is -2.09. The van der Waals surface area contributed by atoms with Crippen molar-refractivity contribution in [2.75, 3.05) is 198 Å². The monoisotopic (exact) mass is 703 g/mol. The van der Waals surface area contributed by atoms with Gasteiger partial charge in [-0.15, -0.1) is 0 Å². The molecule has 0 heterocycles. The molecule has 48 heavy (non-hydrogen) atoms. The average Bonchev–Trinajstić information content (AvgIpc) is 3.10. The summed E-state index contributed by atoms with van der Waals surface area (Å²) in [6, 6.07) is 0. The summed E-state index contributed by atoms with van der Waals surface area (Å²) >= 11 is 0. The van der Waals surface area contributed by atoms with Gasteiger partial charge >= 0.3 is 0 Å². The molecule has 0 atom stereocenters. The normalized spacial score (nSPS) is 11.4. The molecule has 0 saturated heterocycles. The summed E-state index contributed by atoms with van der Waals surface area (Å²) in [4.78, 5) is 2.64. The molecular weight excluding hydrogens is 642 g/mol.